The van der Waals surface area contributed by atoms with Gasteiger partial charge in [-0.2, -0.15) is 0 Å². The normalized spacial score (nSPS) is 11.1. The molecule has 1 aromatic heterocycles. The topological polar surface area (TPSA) is 69.6 Å². The molecule has 0 spiro atoms. The van der Waals surface area contributed by atoms with Gasteiger partial charge in [0.25, 0.3) is 0 Å². The third kappa shape index (κ3) is 6.55. The largest absolute Gasteiger partial charge is 0.352 e. The summed E-state index contributed by atoms with van der Waals surface area (Å²) < 4.78 is 0. The summed E-state index contributed by atoms with van der Waals surface area (Å²) in [4.78, 5) is 22.4. The number of aryl methyl sites for hydroxylation is 1. The molecule has 0 atom stereocenters. The van der Waals surface area contributed by atoms with Crippen molar-refractivity contribution in [1.82, 2.24) is 20.5 Å². The lowest BCUT2D eigenvalue weighted by Gasteiger charge is -2.18. The van der Waals surface area contributed by atoms with Gasteiger partial charge in [0.2, 0.25) is 5.91 Å². The molecular formula is C20H27N5O. The molecule has 2 N–H and O–H groups in total. The quantitative estimate of drug-likeness (QED) is 0.588. The van der Waals surface area contributed by atoms with Crippen LogP contribution in [0.4, 0.5) is 0 Å². The number of carbonyl (C=O) groups excluding carboxylic acids is 1. The van der Waals surface area contributed by atoms with Gasteiger partial charge in [0, 0.05) is 45.5 Å². The van der Waals surface area contributed by atoms with Gasteiger partial charge in [0.05, 0.1) is 6.54 Å². The van der Waals surface area contributed by atoms with Crippen molar-refractivity contribution in [2.45, 2.75) is 19.9 Å². The molecule has 0 aliphatic rings. The van der Waals surface area contributed by atoms with Crippen LogP contribution in [0.15, 0.2) is 53.7 Å². The van der Waals surface area contributed by atoms with E-state index in [1.54, 1.807) is 25.2 Å². The van der Waals surface area contributed by atoms with E-state index in [-0.39, 0.29) is 12.5 Å². The van der Waals surface area contributed by atoms with Crippen LogP contribution in [0.25, 0.3) is 0 Å². The van der Waals surface area contributed by atoms with Crippen molar-refractivity contribution in [3.05, 3.63) is 65.5 Å². The first-order valence-electron chi connectivity index (χ1n) is 8.72. The van der Waals surface area contributed by atoms with Gasteiger partial charge < -0.3 is 15.5 Å². The highest BCUT2D eigenvalue weighted by atomic mass is 16.2. The third-order valence-corrected chi connectivity index (χ3v) is 4.07. The second-order valence-electron chi connectivity index (χ2n) is 6.15. The van der Waals surface area contributed by atoms with Gasteiger partial charge in [-0.25, -0.2) is 0 Å². The van der Waals surface area contributed by atoms with E-state index < -0.39 is 0 Å². The lowest BCUT2D eigenvalue weighted by molar-refractivity contribution is -0.128. The van der Waals surface area contributed by atoms with Crippen LogP contribution in [0, 0.1) is 6.92 Å². The van der Waals surface area contributed by atoms with E-state index in [2.05, 4.69) is 51.8 Å². The summed E-state index contributed by atoms with van der Waals surface area (Å²) in [6, 6.07) is 14.1. The molecule has 26 heavy (non-hydrogen) atoms. The standard InChI is InChI=1S/C20H27N5O/c1-16-7-9-17(10-8-16)14-23-20(21-2)24-15-19(26)25(3)13-11-18-6-4-5-12-22-18/h4-10,12H,11,13-15H2,1-3H3,(H2,21,23,24). The van der Waals surface area contributed by atoms with Crippen LogP contribution in [-0.4, -0.2) is 48.9 Å². The van der Waals surface area contributed by atoms with Crippen LogP contribution in [-0.2, 0) is 17.8 Å². The predicted octanol–water partition coefficient (Wildman–Crippen LogP) is 1.76. The smallest absolute Gasteiger partial charge is 0.241 e. The zero-order valence-electron chi connectivity index (χ0n) is 15.7. The van der Waals surface area contributed by atoms with Gasteiger partial charge >= 0.3 is 0 Å². The van der Waals surface area contributed by atoms with Gasteiger partial charge in [0.1, 0.15) is 0 Å². The van der Waals surface area contributed by atoms with E-state index in [0.717, 1.165) is 17.7 Å². The Bertz CT molecular complexity index is 713. The molecule has 1 heterocycles. The molecule has 0 aliphatic carbocycles. The number of nitrogens with zero attached hydrogens (tertiary/aromatic N) is 3. The van der Waals surface area contributed by atoms with E-state index in [1.807, 2.05) is 18.2 Å². The molecular weight excluding hydrogens is 326 g/mol. The Hall–Kier alpha value is -2.89. The monoisotopic (exact) mass is 353 g/mol. The highest BCUT2D eigenvalue weighted by Gasteiger charge is 2.09. The molecule has 138 valence electrons. The third-order valence-electron chi connectivity index (χ3n) is 4.07. The summed E-state index contributed by atoms with van der Waals surface area (Å²) in [5.74, 6) is 0.622. The molecule has 0 bridgehead atoms. The minimum atomic E-state index is 0.0132. The number of pyridine rings is 1. The average molecular weight is 353 g/mol. The SMILES string of the molecule is CN=C(NCC(=O)N(C)CCc1ccccn1)NCc1ccc(C)cc1. The molecule has 0 radical (unpaired) electrons. The van der Waals surface area contributed by atoms with E-state index in [9.17, 15) is 4.79 Å². The maximum Gasteiger partial charge on any atom is 0.241 e. The van der Waals surface area contributed by atoms with Crippen LogP contribution in [0.5, 0.6) is 0 Å². The van der Waals surface area contributed by atoms with Crippen molar-refractivity contribution in [1.29, 1.82) is 0 Å². The van der Waals surface area contributed by atoms with Crippen LogP contribution in [0.1, 0.15) is 16.8 Å². The van der Waals surface area contributed by atoms with Crippen molar-refractivity contribution >= 4 is 11.9 Å². The number of carbonyl (C=O) groups is 1. The number of guanidine groups is 1. The fourth-order valence-electron chi connectivity index (χ4n) is 2.36. The molecule has 6 heteroatoms. The Morgan fingerprint density at radius 3 is 2.58 bits per heavy atom. The second-order valence-corrected chi connectivity index (χ2v) is 6.15. The number of aromatic nitrogens is 1. The molecule has 1 amide bonds. The van der Waals surface area contributed by atoms with Crippen LogP contribution < -0.4 is 10.6 Å². The number of amides is 1. The van der Waals surface area contributed by atoms with E-state index in [4.69, 9.17) is 0 Å². The van der Waals surface area contributed by atoms with Crippen molar-refractivity contribution < 1.29 is 4.79 Å². The van der Waals surface area contributed by atoms with E-state index in [1.165, 1.54) is 5.56 Å². The van der Waals surface area contributed by atoms with E-state index in [0.29, 0.717) is 19.0 Å². The Kier molecular flexibility index (Phi) is 7.61. The van der Waals surface area contributed by atoms with Gasteiger partial charge in [-0.05, 0) is 24.6 Å². The number of hydrogen-bond acceptors (Lipinski definition) is 3. The number of aliphatic imine (C=N–C) groups is 1. The minimum Gasteiger partial charge on any atom is -0.352 e. The number of hydrogen-bond donors (Lipinski definition) is 2. The Labute approximate surface area is 155 Å². The lowest BCUT2D eigenvalue weighted by Crippen LogP contribution is -2.43. The molecule has 2 aromatic rings. The maximum absolute atomic E-state index is 12.3. The second kappa shape index (κ2) is 10.2. The van der Waals surface area contributed by atoms with Crippen molar-refractivity contribution in [3.8, 4) is 0 Å². The Morgan fingerprint density at radius 2 is 1.92 bits per heavy atom. The molecule has 2 rings (SSSR count). The molecule has 0 aliphatic heterocycles. The summed E-state index contributed by atoms with van der Waals surface area (Å²) in [5.41, 5.74) is 3.38. The predicted molar refractivity (Wildman–Crippen MR) is 105 cm³/mol. The molecule has 1 aromatic carbocycles. The Morgan fingerprint density at radius 1 is 1.15 bits per heavy atom. The average Bonchev–Trinajstić information content (AvgIpc) is 2.68. The van der Waals surface area contributed by atoms with E-state index >= 15 is 0 Å². The highest BCUT2D eigenvalue weighted by Crippen LogP contribution is 2.02. The zero-order chi connectivity index (χ0) is 18.8. The molecule has 0 saturated heterocycles. The maximum atomic E-state index is 12.3. The molecule has 0 saturated carbocycles. The summed E-state index contributed by atoms with van der Waals surface area (Å²) in [5, 5.41) is 6.28. The minimum absolute atomic E-state index is 0.0132. The molecule has 6 nitrogen and oxygen atoms in total. The number of nitrogens with one attached hydrogen (secondary N) is 2. The number of benzene rings is 1. The zero-order valence-corrected chi connectivity index (χ0v) is 15.7. The fraction of sp³-hybridized carbons (Fsp3) is 0.350. The number of rotatable bonds is 7. The number of likely N-dealkylation sites (N-methyl/N-ethyl adjacent to an activating group) is 1. The summed E-state index contributed by atoms with van der Waals surface area (Å²) in [6.07, 6.45) is 2.51. The van der Waals surface area contributed by atoms with Crippen LogP contribution >= 0.6 is 0 Å². The van der Waals surface area contributed by atoms with Crippen molar-refractivity contribution in [2.24, 2.45) is 4.99 Å². The van der Waals surface area contributed by atoms with Gasteiger partial charge in [-0.3, -0.25) is 14.8 Å². The van der Waals surface area contributed by atoms with Crippen LogP contribution in [0.2, 0.25) is 0 Å². The first-order valence-corrected chi connectivity index (χ1v) is 8.72. The van der Waals surface area contributed by atoms with Crippen LogP contribution in [0.3, 0.4) is 0 Å². The first-order chi connectivity index (χ1) is 12.6. The summed E-state index contributed by atoms with van der Waals surface area (Å²) in [7, 11) is 3.50. The summed E-state index contributed by atoms with van der Waals surface area (Å²) >= 11 is 0. The fourth-order valence-corrected chi connectivity index (χ4v) is 2.36. The molecule has 0 unspecified atom stereocenters. The molecule has 0 fully saturated rings. The highest BCUT2D eigenvalue weighted by molar-refractivity contribution is 5.86. The first kappa shape index (κ1) is 19.4. The van der Waals surface area contributed by atoms with Crippen molar-refractivity contribution in [2.75, 3.05) is 27.2 Å². The van der Waals surface area contributed by atoms with Gasteiger partial charge in [0.15, 0.2) is 5.96 Å². The van der Waals surface area contributed by atoms with Gasteiger partial charge in [-0.15, -0.1) is 0 Å². The Balaban J connectivity index is 1.72. The lowest BCUT2D eigenvalue weighted by atomic mass is 10.1. The summed E-state index contributed by atoms with van der Waals surface area (Å²) in [6.45, 7) is 3.55. The van der Waals surface area contributed by atoms with Gasteiger partial charge in [-0.1, -0.05) is 35.9 Å². The van der Waals surface area contributed by atoms with Crippen molar-refractivity contribution in [3.63, 3.8) is 0 Å².